The van der Waals surface area contributed by atoms with Gasteiger partial charge in [0.25, 0.3) is 5.91 Å². The number of rotatable bonds is 4. The third-order valence-corrected chi connectivity index (χ3v) is 4.12. The molecule has 0 radical (unpaired) electrons. The highest BCUT2D eigenvalue weighted by Gasteiger charge is 2.25. The van der Waals surface area contributed by atoms with E-state index in [-0.39, 0.29) is 11.8 Å². The Hall–Kier alpha value is -2.18. The van der Waals surface area contributed by atoms with Gasteiger partial charge in [0.15, 0.2) is 0 Å². The first-order valence-electron chi connectivity index (χ1n) is 8.11. The van der Waals surface area contributed by atoms with Gasteiger partial charge in [-0.3, -0.25) is 9.59 Å². The molecule has 0 saturated carbocycles. The van der Waals surface area contributed by atoms with E-state index in [0.717, 1.165) is 18.8 Å². The van der Waals surface area contributed by atoms with Crippen LogP contribution in [0.15, 0.2) is 6.07 Å². The molecule has 23 heavy (non-hydrogen) atoms. The Kier molecular flexibility index (Phi) is 5.52. The summed E-state index contributed by atoms with van der Waals surface area (Å²) in [6, 6.07) is 1.73. The number of aryl methyl sites for hydroxylation is 1. The van der Waals surface area contributed by atoms with Crippen LogP contribution in [0.4, 0.5) is 5.95 Å². The molecule has 1 fully saturated rings. The first kappa shape index (κ1) is 17.2. The first-order chi connectivity index (χ1) is 11.0. The highest BCUT2D eigenvalue weighted by molar-refractivity contribution is 5.93. The van der Waals surface area contributed by atoms with E-state index in [9.17, 15) is 9.59 Å². The first-order valence-corrected chi connectivity index (χ1v) is 8.11. The Morgan fingerprint density at radius 3 is 2.17 bits per heavy atom. The predicted molar refractivity (Wildman–Crippen MR) is 88.5 cm³/mol. The standard InChI is InChI=1S/C16H25N5O2/c1-5-19(6-2)16-17-12(3)11-14(18-16)15(23)21-9-7-20(8-10-21)13(4)22/h11H,5-10H2,1-4H3. The Morgan fingerprint density at radius 2 is 1.65 bits per heavy atom. The summed E-state index contributed by atoms with van der Waals surface area (Å²) in [5, 5.41) is 0. The molecule has 1 aromatic heterocycles. The lowest BCUT2D eigenvalue weighted by Gasteiger charge is -2.34. The number of carbonyl (C=O) groups is 2. The Labute approximate surface area is 137 Å². The van der Waals surface area contributed by atoms with Crippen molar-refractivity contribution in [1.29, 1.82) is 0 Å². The zero-order valence-corrected chi connectivity index (χ0v) is 14.4. The van der Waals surface area contributed by atoms with Crippen molar-refractivity contribution < 1.29 is 9.59 Å². The van der Waals surface area contributed by atoms with Crippen molar-refractivity contribution in [3.8, 4) is 0 Å². The minimum Gasteiger partial charge on any atom is -0.341 e. The second-order valence-corrected chi connectivity index (χ2v) is 5.67. The van der Waals surface area contributed by atoms with Crippen LogP contribution in [0.25, 0.3) is 0 Å². The summed E-state index contributed by atoms with van der Waals surface area (Å²) >= 11 is 0. The molecule has 0 spiro atoms. The van der Waals surface area contributed by atoms with Gasteiger partial charge >= 0.3 is 0 Å². The normalized spacial score (nSPS) is 14.8. The van der Waals surface area contributed by atoms with Gasteiger partial charge < -0.3 is 14.7 Å². The van der Waals surface area contributed by atoms with Gasteiger partial charge in [-0.2, -0.15) is 0 Å². The van der Waals surface area contributed by atoms with Gasteiger partial charge in [-0.05, 0) is 26.8 Å². The molecule has 0 bridgehead atoms. The maximum absolute atomic E-state index is 12.7. The van der Waals surface area contributed by atoms with Crippen LogP contribution in [0.3, 0.4) is 0 Å². The van der Waals surface area contributed by atoms with Crippen LogP contribution in [0.1, 0.15) is 37.0 Å². The second kappa shape index (κ2) is 7.39. The number of piperazine rings is 1. The highest BCUT2D eigenvalue weighted by atomic mass is 16.2. The molecule has 0 N–H and O–H groups in total. The van der Waals surface area contributed by atoms with Crippen LogP contribution in [0, 0.1) is 6.92 Å². The Bertz CT molecular complexity index is 578. The molecule has 0 atom stereocenters. The zero-order chi connectivity index (χ0) is 17.0. The molecule has 2 amide bonds. The quantitative estimate of drug-likeness (QED) is 0.826. The van der Waals surface area contributed by atoms with Gasteiger partial charge in [0.2, 0.25) is 11.9 Å². The smallest absolute Gasteiger partial charge is 0.272 e. The molecule has 0 aromatic carbocycles. The lowest BCUT2D eigenvalue weighted by molar-refractivity contribution is -0.130. The molecule has 7 nitrogen and oxygen atoms in total. The van der Waals surface area contributed by atoms with Gasteiger partial charge in [0.05, 0.1) is 0 Å². The van der Waals surface area contributed by atoms with E-state index in [2.05, 4.69) is 9.97 Å². The lowest BCUT2D eigenvalue weighted by Crippen LogP contribution is -2.50. The second-order valence-electron chi connectivity index (χ2n) is 5.67. The number of hydrogen-bond donors (Lipinski definition) is 0. The van der Waals surface area contributed by atoms with Crippen LogP contribution < -0.4 is 4.90 Å². The molecule has 7 heteroatoms. The summed E-state index contributed by atoms with van der Waals surface area (Å²) < 4.78 is 0. The molecule has 126 valence electrons. The van der Waals surface area contributed by atoms with E-state index in [4.69, 9.17) is 0 Å². The molecule has 1 aromatic rings. The average molecular weight is 319 g/mol. The van der Waals surface area contributed by atoms with Crippen LogP contribution >= 0.6 is 0 Å². The van der Waals surface area contributed by atoms with Gasteiger partial charge in [-0.1, -0.05) is 0 Å². The van der Waals surface area contributed by atoms with Gasteiger partial charge in [-0.15, -0.1) is 0 Å². The molecule has 2 heterocycles. The molecule has 1 aliphatic heterocycles. The number of anilines is 1. The largest absolute Gasteiger partial charge is 0.341 e. The third-order valence-electron chi connectivity index (χ3n) is 4.12. The summed E-state index contributed by atoms with van der Waals surface area (Å²) in [4.78, 5) is 38.5. The maximum Gasteiger partial charge on any atom is 0.272 e. The van der Waals surface area contributed by atoms with Crippen molar-refractivity contribution in [2.75, 3.05) is 44.2 Å². The maximum atomic E-state index is 12.7. The van der Waals surface area contributed by atoms with Crippen molar-refractivity contribution in [3.63, 3.8) is 0 Å². The predicted octanol–water partition coefficient (Wildman–Crippen LogP) is 0.936. The Morgan fingerprint density at radius 1 is 1.09 bits per heavy atom. The summed E-state index contributed by atoms with van der Waals surface area (Å²) in [6.45, 7) is 11.3. The molecule has 1 aliphatic rings. The summed E-state index contributed by atoms with van der Waals surface area (Å²) in [5.74, 6) is 0.562. The van der Waals surface area contributed by atoms with E-state index in [1.165, 1.54) is 0 Å². The van der Waals surface area contributed by atoms with E-state index >= 15 is 0 Å². The summed E-state index contributed by atoms with van der Waals surface area (Å²) in [5.41, 5.74) is 1.21. The number of carbonyl (C=O) groups excluding carboxylic acids is 2. The fourth-order valence-corrected chi connectivity index (χ4v) is 2.70. The molecular weight excluding hydrogens is 294 g/mol. The van der Waals surface area contributed by atoms with Gasteiger partial charge in [0.1, 0.15) is 5.69 Å². The number of amides is 2. The monoisotopic (exact) mass is 319 g/mol. The lowest BCUT2D eigenvalue weighted by atomic mass is 10.2. The van der Waals surface area contributed by atoms with E-state index in [1.54, 1.807) is 22.8 Å². The zero-order valence-electron chi connectivity index (χ0n) is 14.4. The third kappa shape index (κ3) is 3.97. The van der Waals surface area contributed by atoms with Crippen LogP contribution in [0.5, 0.6) is 0 Å². The minimum atomic E-state index is -0.0906. The van der Waals surface area contributed by atoms with E-state index in [1.807, 2.05) is 25.7 Å². The Balaban J connectivity index is 2.15. The summed E-state index contributed by atoms with van der Waals surface area (Å²) in [7, 11) is 0. The fraction of sp³-hybridized carbons (Fsp3) is 0.625. The van der Waals surface area contributed by atoms with E-state index in [0.29, 0.717) is 37.8 Å². The number of hydrogen-bond acceptors (Lipinski definition) is 5. The van der Waals surface area contributed by atoms with Gasteiger partial charge in [0, 0.05) is 51.9 Å². The van der Waals surface area contributed by atoms with Crippen LogP contribution in [-0.2, 0) is 4.79 Å². The summed E-state index contributed by atoms with van der Waals surface area (Å²) in [6.07, 6.45) is 0. The van der Waals surface area contributed by atoms with E-state index < -0.39 is 0 Å². The molecule has 0 aliphatic carbocycles. The molecular formula is C16H25N5O2. The van der Waals surface area contributed by atoms with Gasteiger partial charge in [-0.25, -0.2) is 9.97 Å². The topological polar surface area (TPSA) is 69.6 Å². The van der Waals surface area contributed by atoms with Crippen molar-refractivity contribution in [3.05, 3.63) is 17.5 Å². The molecule has 2 rings (SSSR count). The van der Waals surface area contributed by atoms with Crippen LogP contribution in [-0.4, -0.2) is 70.9 Å². The van der Waals surface area contributed by atoms with Crippen molar-refractivity contribution in [2.24, 2.45) is 0 Å². The van der Waals surface area contributed by atoms with Crippen molar-refractivity contribution in [2.45, 2.75) is 27.7 Å². The fourth-order valence-electron chi connectivity index (χ4n) is 2.70. The van der Waals surface area contributed by atoms with Crippen molar-refractivity contribution in [1.82, 2.24) is 19.8 Å². The number of aromatic nitrogens is 2. The van der Waals surface area contributed by atoms with Crippen LogP contribution in [0.2, 0.25) is 0 Å². The molecule has 1 saturated heterocycles. The minimum absolute atomic E-state index is 0.0544. The molecule has 0 unspecified atom stereocenters. The van der Waals surface area contributed by atoms with Crippen molar-refractivity contribution >= 4 is 17.8 Å². The highest BCUT2D eigenvalue weighted by Crippen LogP contribution is 2.13. The SMILES string of the molecule is CCN(CC)c1nc(C)cc(C(=O)N2CCN(C(C)=O)CC2)n1. The number of nitrogens with zero attached hydrogens (tertiary/aromatic N) is 5. The average Bonchev–Trinajstić information content (AvgIpc) is 2.55.